The Labute approximate surface area is 324 Å². The molecule has 2 aliphatic heterocycles. The topological polar surface area (TPSA) is 33.7 Å². The van der Waals surface area contributed by atoms with Crippen molar-refractivity contribution in [2.45, 2.75) is 194 Å². The minimum absolute atomic E-state index is 0.427. The largest absolute Gasteiger partial charge is 0.385 e. The van der Waals surface area contributed by atoms with E-state index in [-0.39, 0.29) is 0 Å². The van der Waals surface area contributed by atoms with Crippen LogP contribution in [0.25, 0.3) is 0 Å². The second-order valence-electron chi connectivity index (χ2n) is 20.2. The van der Waals surface area contributed by atoms with Crippen LogP contribution in [0.5, 0.6) is 0 Å². The third kappa shape index (κ3) is 36.6. The number of hydrogen-bond donors (Lipinski definition) is 1. The number of morpholine rings is 1. The van der Waals surface area contributed by atoms with E-state index in [1.807, 2.05) is 0 Å². The van der Waals surface area contributed by atoms with Crippen LogP contribution in [-0.2, 0) is 9.47 Å². The summed E-state index contributed by atoms with van der Waals surface area (Å²) >= 11 is 0. The Hall–Kier alpha value is -0.160. The molecule has 0 aromatic rings. The molecule has 0 unspecified atom stereocenters. The third-order valence-corrected chi connectivity index (χ3v) is 11.1. The van der Waals surface area contributed by atoms with Crippen LogP contribution in [0.4, 0.5) is 0 Å². The smallest absolute Gasteiger partial charge is 0.0594 e. The predicted octanol–water partition coefficient (Wildman–Crippen LogP) is 13.6. The van der Waals surface area contributed by atoms with Crippen molar-refractivity contribution in [1.29, 1.82) is 0 Å². The van der Waals surface area contributed by atoms with Crippen molar-refractivity contribution in [3.05, 3.63) is 0 Å². The van der Waals surface area contributed by atoms with Crippen molar-refractivity contribution in [2.75, 3.05) is 59.7 Å². The molecule has 310 valence electrons. The summed E-state index contributed by atoms with van der Waals surface area (Å²) in [6.07, 6.45) is 20.0. The molecule has 2 heterocycles. The number of rotatable bonds is 9. The van der Waals surface area contributed by atoms with Crippen LogP contribution in [0.1, 0.15) is 194 Å². The van der Waals surface area contributed by atoms with Crippen molar-refractivity contribution in [3.8, 4) is 0 Å². The molecule has 4 nitrogen and oxygen atoms in total. The first-order chi connectivity index (χ1) is 23.8. The number of hydrogen-bond acceptors (Lipinski definition) is 4. The zero-order valence-corrected chi connectivity index (χ0v) is 38.4. The van der Waals surface area contributed by atoms with E-state index in [0.29, 0.717) is 10.8 Å². The second-order valence-corrected chi connectivity index (χ2v) is 20.2. The van der Waals surface area contributed by atoms with Gasteiger partial charge >= 0.3 is 0 Å². The highest BCUT2D eigenvalue weighted by atomic mass is 16.5. The van der Waals surface area contributed by atoms with Gasteiger partial charge in [0, 0.05) is 26.8 Å². The summed E-state index contributed by atoms with van der Waals surface area (Å²) in [5, 5.41) is 3.24. The lowest BCUT2D eigenvalue weighted by molar-refractivity contribution is 0.0360. The van der Waals surface area contributed by atoms with Crippen LogP contribution in [-0.4, -0.2) is 64.6 Å². The molecule has 0 aromatic heterocycles. The summed E-state index contributed by atoms with van der Waals surface area (Å²) in [5.74, 6) is 6.67. The monoisotopic (exact) mass is 725 g/mol. The van der Waals surface area contributed by atoms with Crippen molar-refractivity contribution in [2.24, 2.45) is 52.3 Å². The molecule has 4 aliphatic rings. The van der Waals surface area contributed by atoms with E-state index >= 15 is 0 Å². The average Bonchev–Trinajstić information content (AvgIpc) is 3.04. The van der Waals surface area contributed by atoms with Crippen molar-refractivity contribution < 1.29 is 9.47 Å². The summed E-state index contributed by atoms with van der Waals surface area (Å²) < 4.78 is 10.2. The summed E-state index contributed by atoms with van der Waals surface area (Å²) in [6.45, 7) is 43.0. The van der Waals surface area contributed by atoms with Gasteiger partial charge in [-0.3, -0.25) is 4.90 Å². The van der Waals surface area contributed by atoms with Gasteiger partial charge < -0.3 is 14.8 Å². The molecule has 0 bridgehead atoms. The lowest BCUT2D eigenvalue weighted by atomic mass is 9.82. The van der Waals surface area contributed by atoms with E-state index in [1.165, 1.54) is 103 Å². The van der Waals surface area contributed by atoms with Crippen molar-refractivity contribution in [1.82, 2.24) is 10.2 Å². The predicted molar refractivity (Wildman–Crippen MR) is 231 cm³/mol. The first-order valence-corrected chi connectivity index (χ1v) is 22.3. The van der Waals surface area contributed by atoms with Gasteiger partial charge in [-0.2, -0.15) is 0 Å². The Kier molecular flexibility index (Phi) is 33.3. The molecule has 2 aliphatic carbocycles. The van der Waals surface area contributed by atoms with E-state index in [9.17, 15) is 0 Å². The van der Waals surface area contributed by atoms with E-state index in [0.717, 1.165) is 80.8 Å². The Morgan fingerprint density at radius 1 is 0.627 bits per heavy atom. The number of methoxy groups -OCH3 is 1. The van der Waals surface area contributed by atoms with E-state index < -0.39 is 0 Å². The minimum Gasteiger partial charge on any atom is -0.385 e. The van der Waals surface area contributed by atoms with Gasteiger partial charge in [0.15, 0.2) is 0 Å². The average molecular weight is 725 g/mol. The fourth-order valence-corrected chi connectivity index (χ4v) is 6.81. The van der Waals surface area contributed by atoms with Gasteiger partial charge in [-0.05, 0) is 91.2 Å². The molecule has 1 N–H and O–H groups in total. The van der Waals surface area contributed by atoms with Crippen LogP contribution in [0.3, 0.4) is 0 Å². The van der Waals surface area contributed by atoms with Crippen LogP contribution in [0.15, 0.2) is 0 Å². The fourth-order valence-electron chi connectivity index (χ4n) is 6.81. The molecule has 0 atom stereocenters. The summed E-state index contributed by atoms with van der Waals surface area (Å²) in [5.41, 5.74) is 0.977. The molecule has 0 spiro atoms. The standard InChI is InChI=1S/C9H19NO.2C9H18.C7H16O.C7H16.C6H13N/c1-9(2)3-4-10-5-7-11-8-6-10;2*1-8(2)9-6-4-3-5-7-9;1-7(2,3)5-6-8-4;1-5-6-7(2,3)4;1-5(2)6-3-7-4-6/h9H,3-8H2,1-2H3;2*8-9H,3-7H2,1-2H3;5-6H2,1-4H3;5-6H2,1-4H3;5-7H,3-4H2,1-2H3. The first-order valence-electron chi connectivity index (χ1n) is 22.3. The highest BCUT2D eigenvalue weighted by Gasteiger charge is 2.19. The summed E-state index contributed by atoms with van der Waals surface area (Å²) in [7, 11) is 1.74. The Morgan fingerprint density at radius 2 is 1.04 bits per heavy atom. The molecule has 51 heavy (non-hydrogen) atoms. The normalized spacial score (nSPS) is 19.3. The van der Waals surface area contributed by atoms with Gasteiger partial charge in [-0.1, -0.05) is 174 Å². The first kappa shape index (κ1) is 52.9. The number of nitrogens with one attached hydrogen (secondary N) is 1. The van der Waals surface area contributed by atoms with Gasteiger partial charge in [0.1, 0.15) is 0 Å². The van der Waals surface area contributed by atoms with E-state index in [4.69, 9.17) is 9.47 Å². The maximum absolute atomic E-state index is 5.26. The van der Waals surface area contributed by atoms with Gasteiger partial charge in [0.25, 0.3) is 0 Å². The Morgan fingerprint density at radius 3 is 1.24 bits per heavy atom. The molecule has 2 saturated carbocycles. The molecule has 4 rings (SSSR count). The lowest BCUT2D eigenvalue weighted by Gasteiger charge is -2.30. The Balaban J connectivity index is 0. The SMILES string of the molecule is CC(C)C1CCCCC1.CC(C)C1CCCCC1.CC(C)C1CNC1.CC(C)CCN1CCOCC1.CCCC(C)(C)C.COCCC(C)(C)C. The third-order valence-electron chi connectivity index (χ3n) is 11.1. The highest BCUT2D eigenvalue weighted by molar-refractivity contribution is 4.76. The molecule has 0 aromatic carbocycles. The molecule has 0 radical (unpaired) electrons. The van der Waals surface area contributed by atoms with Crippen molar-refractivity contribution in [3.63, 3.8) is 0 Å². The molecule has 2 saturated heterocycles. The zero-order valence-electron chi connectivity index (χ0n) is 38.4. The highest BCUT2D eigenvalue weighted by Crippen LogP contribution is 2.30. The van der Waals surface area contributed by atoms with Crippen LogP contribution >= 0.6 is 0 Å². The zero-order chi connectivity index (χ0) is 39.3. The molecular weight excluding hydrogens is 625 g/mol. The van der Waals surface area contributed by atoms with E-state index in [2.05, 4.69) is 114 Å². The second kappa shape index (κ2) is 32.1. The molecule has 4 heteroatoms. The van der Waals surface area contributed by atoms with Crippen LogP contribution in [0.2, 0.25) is 0 Å². The van der Waals surface area contributed by atoms with Gasteiger partial charge in [-0.15, -0.1) is 0 Å². The molecule has 0 amide bonds. The molecule has 4 fully saturated rings. The van der Waals surface area contributed by atoms with Gasteiger partial charge in [0.2, 0.25) is 0 Å². The van der Waals surface area contributed by atoms with E-state index in [1.54, 1.807) is 7.11 Å². The Bertz CT molecular complexity index is 677. The lowest BCUT2D eigenvalue weighted by Crippen LogP contribution is -2.44. The van der Waals surface area contributed by atoms with Gasteiger partial charge in [-0.25, -0.2) is 0 Å². The van der Waals surface area contributed by atoms with Crippen LogP contribution < -0.4 is 5.32 Å². The minimum atomic E-state index is 0.427. The fraction of sp³-hybridized carbons (Fsp3) is 1.00. The molecular formula is C47H100N2O2. The van der Waals surface area contributed by atoms with Gasteiger partial charge in [0.05, 0.1) is 13.2 Å². The number of nitrogens with zero attached hydrogens (tertiary/aromatic N) is 1. The maximum atomic E-state index is 5.26. The summed E-state index contributed by atoms with van der Waals surface area (Å²) in [4.78, 5) is 2.49. The quantitative estimate of drug-likeness (QED) is 0.257. The van der Waals surface area contributed by atoms with Crippen LogP contribution in [0, 0.1) is 52.3 Å². The number of ether oxygens (including phenoxy) is 2. The summed E-state index contributed by atoms with van der Waals surface area (Å²) in [6, 6.07) is 0. The maximum Gasteiger partial charge on any atom is 0.0594 e. The van der Waals surface area contributed by atoms with Crippen molar-refractivity contribution >= 4 is 0 Å².